The van der Waals surface area contributed by atoms with Crippen molar-refractivity contribution >= 4 is 11.9 Å². The van der Waals surface area contributed by atoms with E-state index < -0.39 is 0 Å². The van der Waals surface area contributed by atoms with E-state index in [9.17, 15) is 9.59 Å². The molecule has 0 radical (unpaired) electrons. The fourth-order valence-corrected chi connectivity index (χ4v) is 4.09. The van der Waals surface area contributed by atoms with Crippen LogP contribution in [0.25, 0.3) is 0 Å². The standard InChI is InChI=1S/C20H41N7O2/c1-19(2,3)15(12-27-11-9-22-18(27)29)24-25(6)14-20(4,5)16(23-21)13-26-10-7-8-17(26)28/h15-16,23-24H,7-14,21H2,1-6H3,(H,22,29)/t15-,16-/m1/s1. The van der Waals surface area contributed by atoms with Crippen LogP contribution < -0.4 is 22.0 Å². The van der Waals surface area contributed by atoms with Gasteiger partial charge < -0.3 is 15.1 Å². The van der Waals surface area contributed by atoms with Gasteiger partial charge in [-0.25, -0.2) is 9.80 Å². The molecular formula is C20H41N7O2. The third kappa shape index (κ3) is 6.53. The molecule has 0 aromatic rings. The van der Waals surface area contributed by atoms with Gasteiger partial charge in [-0.2, -0.15) is 0 Å². The summed E-state index contributed by atoms with van der Waals surface area (Å²) in [5.74, 6) is 6.09. The Morgan fingerprint density at radius 1 is 1.10 bits per heavy atom. The molecule has 5 N–H and O–H groups in total. The second kappa shape index (κ2) is 9.59. The molecular weight excluding hydrogens is 370 g/mol. The molecule has 29 heavy (non-hydrogen) atoms. The van der Waals surface area contributed by atoms with E-state index in [1.165, 1.54) is 0 Å². The molecule has 2 rings (SSSR count). The first-order chi connectivity index (χ1) is 13.4. The molecule has 2 aliphatic rings. The highest BCUT2D eigenvalue weighted by Gasteiger charge is 2.36. The Kier molecular flexibility index (Phi) is 7.89. The Bertz CT molecular complexity index is 576. The van der Waals surface area contributed by atoms with Gasteiger partial charge in [0.1, 0.15) is 0 Å². The number of hydrazine groups is 2. The lowest BCUT2D eigenvalue weighted by molar-refractivity contribution is -0.128. The summed E-state index contributed by atoms with van der Waals surface area (Å²) in [4.78, 5) is 27.8. The van der Waals surface area contributed by atoms with Gasteiger partial charge in [-0.3, -0.25) is 21.5 Å². The molecule has 2 atom stereocenters. The van der Waals surface area contributed by atoms with Crippen molar-refractivity contribution in [1.82, 2.24) is 31.0 Å². The molecule has 0 saturated carbocycles. The SMILES string of the molecule is CN(CC(C)(C)[C@@H](CN1CCCC1=O)NN)N[C@H](CN1CCNC1=O)C(C)(C)C. The number of nitrogens with one attached hydrogen (secondary N) is 3. The molecule has 2 aliphatic heterocycles. The molecule has 9 heteroatoms. The Balaban J connectivity index is 1.97. The van der Waals surface area contributed by atoms with Gasteiger partial charge in [-0.1, -0.05) is 34.6 Å². The van der Waals surface area contributed by atoms with Crippen LogP contribution in [0.5, 0.6) is 0 Å². The van der Waals surface area contributed by atoms with E-state index in [4.69, 9.17) is 5.84 Å². The molecule has 0 aromatic carbocycles. The minimum Gasteiger partial charge on any atom is -0.341 e. The third-order valence-electron chi connectivity index (χ3n) is 6.13. The van der Waals surface area contributed by atoms with E-state index in [1.807, 2.05) is 16.8 Å². The summed E-state index contributed by atoms with van der Waals surface area (Å²) in [6.07, 6.45) is 1.56. The van der Waals surface area contributed by atoms with Gasteiger partial charge in [0, 0.05) is 64.8 Å². The lowest BCUT2D eigenvalue weighted by atomic mass is 9.83. The number of carbonyl (C=O) groups excluding carboxylic acids is 2. The van der Waals surface area contributed by atoms with Gasteiger partial charge in [0.25, 0.3) is 0 Å². The van der Waals surface area contributed by atoms with Crippen molar-refractivity contribution in [2.45, 2.75) is 59.5 Å². The smallest absolute Gasteiger partial charge is 0.317 e. The van der Waals surface area contributed by atoms with Gasteiger partial charge in [-0.05, 0) is 17.3 Å². The van der Waals surface area contributed by atoms with Gasteiger partial charge in [0.05, 0.1) is 0 Å². The van der Waals surface area contributed by atoms with Crippen LogP contribution >= 0.6 is 0 Å². The average molecular weight is 412 g/mol. The first kappa shape index (κ1) is 23.9. The Labute approximate surface area is 175 Å². The van der Waals surface area contributed by atoms with E-state index in [2.05, 4.69) is 55.8 Å². The summed E-state index contributed by atoms with van der Waals surface area (Å²) in [6, 6.07) is 0.0922. The highest BCUT2D eigenvalue weighted by atomic mass is 16.2. The molecule has 3 amide bonds. The zero-order valence-electron chi connectivity index (χ0n) is 19.0. The molecule has 0 bridgehead atoms. The second-order valence-electron chi connectivity index (χ2n) is 10.2. The Hall–Kier alpha value is -1.42. The largest absolute Gasteiger partial charge is 0.341 e. The maximum absolute atomic E-state index is 12.0. The van der Waals surface area contributed by atoms with E-state index in [0.717, 1.165) is 26.1 Å². The normalized spacial score (nSPS) is 20.6. The van der Waals surface area contributed by atoms with Crippen LogP contribution in [-0.2, 0) is 4.79 Å². The highest BCUT2D eigenvalue weighted by molar-refractivity contribution is 5.78. The number of carbonyl (C=O) groups is 2. The number of hydrogen-bond donors (Lipinski definition) is 4. The summed E-state index contributed by atoms with van der Waals surface area (Å²) in [5, 5.41) is 4.97. The maximum atomic E-state index is 12.0. The summed E-state index contributed by atoms with van der Waals surface area (Å²) in [5.41, 5.74) is 6.35. The van der Waals surface area contributed by atoms with Crippen LogP contribution in [0.2, 0.25) is 0 Å². The van der Waals surface area contributed by atoms with E-state index in [1.54, 1.807) is 0 Å². The molecule has 0 aliphatic carbocycles. The molecule has 2 saturated heterocycles. The van der Waals surface area contributed by atoms with Crippen molar-refractivity contribution in [2.75, 3.05) is 46.3 Å². The monoisotopic (exact) mass is 411 g/mol. The zero-order valence-corrected chi connectivity index (χ0v) is 19.0. The highest BCUT2D eigenvalue weighted by Crippen LogP contribution is 2.25. The number of hydrogen-bond acceptors (Lipinski definition) is 6. The Morgan fingerprint density at radius 2 is 1.76 bits per heavy atom. The molecule has 2 fully saturated rings. The molecule has 0 aromatic heterocycles. The minimum atomic E-state index is -0.174. The van der Waals surface area contributed by atoms with Gasteiger partial charge in [0.2, 0.25) is 5.91 Å². The fraction of sp³-hybridized carbons (Fsp3) is 0.900. The number of nitrogens with two attached hydrogens (primary N) is 1. The first-order valence-electron chi connectivity index (χ1n) is 10.7. The molecule has 0 spiro atoms. The summed E-state index contributed by atoms with van der Waals surface area (Å²) in [7, 11) is 2.03. The van der Waals surface area contributed by atoms with Crippen LogP contribution in [0.4, 0.5) is 4.79 Å². The van der Waals surface area contributed by atoms with Crippen molar-refractivity contribution in [3.63, 3.8) is 0 Å². The third-order valence-corrected chi connectivity index (χ3v) is 6.13. The lowest BCUT2D eigenvalue weighted by Crippen LogP contribution is -2.60. The number of nitrogens with zero attached hydrogens (tertiary/aromatic N) is 3. The van der Waals surface area contributed by atoms with Gasteiger partial charge >= 0.3 is 6.03 Å². The van der Waals surface area contributed by atoms with Crippen molar-refractivity contribution in [3.05, 3.63) is 0 Å². The number of rotatable bonds is 10. The zero-order chi connectivity index (χ0) is 21.8. The fourth-order valence-electron chi connectivity index (χ4n) is 4.09. The van der Waals surface area contributed by atoms with Crippen molar-refractivity contribution < 1.29 is 9.59 Å². The van der Waals surface area contributed by atoms with E-state index in [-0.39, 0.29) is 34.9 Å². The average Bonchev–Trinajstić information content (AvgIpc) is 3.19. The van der Waals surface area contributed by atoms with Crippen LogP contribution in [-0.4, -0.2) is 85.1 Å². The number of likely N-dealkylation sites (tertiary alicyclic amines) is 1. The van der Waals surface area contributed by atoms with Crippen molar-refractivity contribution in [1.29, 1.82) is 0 Å². The molecule has 9 nitrogen and oxygen atoms in total. The Morgan fingerprint density at radius 3 is 2.24 bits per heavy atom. The minimum absolute atomic E-state index is 0.00621. The quantitative estimate of drug-likeness (QED) is 0.305. The van der Waals surface area contributed by atoms with Crippen molar-refractivity contribution in [2.24, 2.45) is 16.7 Å². The summed E-state index contributed by atoms with van der Waals surface area (Å²) < 4.78 is 0. The molecule has 2 heterocycles. The van der Waals surface area contributed by atoms with E-state index in [0.29, 0.717) is 26.1 Å². The van der Waals surface area contributed by atoms with E-state index >= 15 is 0 Å². The first-order valence-corrected chi connectivity index (χ1v) is 10.7. The van der Waals surface area contributed by atoms with Crippen LogP contribution in [0.1, 0.15) is 47.5 Å². The summed E-state index contributed by atoms with van der Waals surface area (Å²) in [6.45, 7) is 15.1. The van der Waals surface area contributed by atoms with Crippen LogP contribution in [0.3, 0.4) is 0 Å². The topological polar surface area (TPSA) is 106 Å². The number of amides is 3. The molecule has 0 unspecified atom stereocenters. The predicted octanol–water partition coefficient (Wildman–Crippen LogP) is 0.343. The van der Waals surface area contributed by atoms with Gasteiger partial charge in [-0.15, -0.1) is 0 Å². The lowest BCUT2D eigenvalue weighted by Gasteiger charge is -2.42. The maximum Gasteiger partial charge on any atom is 0.317 e. The second-order valence-corrected chi connectivity index (χ2v) is 10.2. The van der Waals surface area contributed by atoms with Crippen molar-refractivity contribution in [3.8, 4) is 0 Å². The van der Waals surface area contributed by atoms with Crippen LogP contribution in [0.15, 0.2) is 0 Å². The van der Waals surface area contributed by atoms with Crippen LogP contribution in [0, 0.1) is 10.8 Å². The molecule has 168 valence electrons. The summed E-state index contributed by atoms with van der Waals surface area (Å²) >= 11 is 0. The number of urea groups is 1. The predicted molar refractivity (Wildman–Crippen MR) is 115 cm³/mol. The van der Waals surface area contributed by atoms with Gasteiger partial charge in [0.15, 0.2) is 0 Å².